The van der Waals surface area contributed by atoms with Gasteiger partial charge in [-0.3, -0.25) is 9.63 Å². The van der Waals surface area contributed by atoms with Crippen molar-refractivity contribution in [1.29, 1.82) is 0 Å². The summed E-state index contributed by atoms with van der Waals surface area (Å²) in [6, 6.07) is 20.4. The number of hydroxylamine groups is 2. The van der Waals surface area contributed by atoms with Crippen LogP contribution in [0, 0.1) is 6.92 Å². The van der Waals surface area contributed by atoms with Gasteiger partial charge < -0.3 is 28.6 Å². The first-order valence-electron chi connectivity index (χ1n) is 17.8. The van der Waals surface area contributed by atoms with Gasteiger partial charge in [0.15, 0.2) is 0 Å². The normalized spacial score (nSPS) is 19.2. The lowest BCUT2D eigenvalue weighted by Crippen LogP contribution is -2.53. The third-order valence-corrected chi connectivity index (χ3v) is 11.7. The molecule has 0 bridgehead atoms. The highest BCUT2D eigenvalue weighted by Gasteiger charge is 2.44. The molecule has 5 rings (SSSR count). The van der Waals surface area contributed by atoms with Crippen molar-refractivity contribution in [2.24, 2.45) is 0 Å². The monoisotopic (exact) mass is 739 g/mol. The van der Waals surface area contributed by atoms with Gasteiger partial charge in [0, 0.05) is 59.3 Å². The van der Waals surface area contributed by atoms with Crippen LogP contribution in [0.4, 0.5) is 5.69 Å². The van der Waals surface area contributed by atoms with Gasteiger partial charge in [0.25, 0.3) is 0 Å². The van der Waals surface area contributed by atoms with E-state index < -0.39 is 22.2 Å². The lowest BCUT2D eigenvalue weighted by Gasteiger charge is -2.43. The Morgan fingerprint density at radius 3 is 2.37 bits per heavy atom. The first-order chi connectivity index (χ1) is 25.1. The summed E-state index contributed by atoms with van der Waals surface area (Å²) in [5, 5.41) is 1.14. The summed E-state index contributed by atoms with van der Waals surface area (Å²) in [6.45, 7) is 6.62. The van der Waals surface area contributed by atoms with Crippen molar-refractivity contribution in [2.75, 3.05) is 79.3 Å². The SMILES string of the molecule is COCCCN1CCOc2ccc(CO[C@H]3CN(S(=O)(=O)c4ccc(C)cc4)[C@@H](CC(=O)N(C)OC)C[C@@H]3c3ccc(COCCOC)cc3)cc21. The minimum absolute atomic E-state index is 0.0478. The standard InChI is InChI=1S/C39H53N3O9S/c1-29-7-14-34(15-8-29)52(44,45)42-26-38(51-28-31-11-16-37-36(23-31)41(18-20-50-37)17-6-19-46-3)35(24-33(42)25-39(43)40(2)48-5)32-12-9-30(10-13-32)27-49-22-21-47-4/h7-16,23,33,35,38H,6,17-22,24-28H2,1-5H3/t33-,35-,38+/m1/s1. The maximum absolute atomic E-state index is 14.4. The molecule has 3 atom stereocenters. The van der Waals surface area contributed by atoms with Crippen molar-refractivity contribution in [3.63, 3.8) is 0 Å². The molecule has 1 fully saturated rings. The van der Waals surface area contributed by atoms with Crippen LogP contribution in [-0.2, 0) is 51.8 Å². The van der Waals surface area contributed by atoms with Gasteiger partial charge in [-0.1, -0.05) is 48.0 Å². The fourth-order valence-electron chi connectivity index (χ4n) is 6.73. The van der Waals surface area contributed by atoms with E-state index in [-0.39, 0.29) is 36.3 Å². The van der Waals surface area contributed by atoms with Crippen molar-refractivity contribution >= 4 is 21.6 Å². The van der Waals surface area contributed by atoms with Gasteiger partial charge in [0.1, 0.15) is 12.4 Å². The first kappa shape index (κ1) is 39.6. The number of fused-ring (bicyclic) bond motifs is 1. The summed E-state index contributed by atoms with van der Waals surface area (Å²) in [5.41, 5.74) is 4.93. The molecule has 1 amide bonds. The van der Waals surface area contributed by atoms with E-state index in [4.69, 9.17) is 28.5 Å². The van der Waals surface area contributed by atoms with Crippen molar-refractivity contribution in [3.8, 4) is 5.75 Å². The van der Waals surface area contributed by atoms with Crippen LogP contribution in [0.25, 0.3) is 0 Å². The highest BCUT2D eigenvalue weighted by molar-refractivity contribution is 7.89. The molecule has 13 heteroatoms. The van der Waals surface area contributed by atoms with E-state index in [1.165, 1.54) is 18.5 Å². The van der Waals surface area contributed by atoms with Crippen LogP contribution in [0.15, 0.2) is 71.6 Å². The van der Waals surface area contributed by atoms with Gasteiger partial charge in [0.05, 0.1) is 56.8 Å². The molecule has 0 aromatic heterocycles. The lowest BCUT2D eigenvalue weighted by atomic mass is 9.83. The highest BCUT2D eigenvalue weighted by atomic mass is 32.2. The van der Waals surface area contributed by atoms with Crippen molar-refractivity contribution in [1.82, 2.24) is 9.37 Å². The molecule has 284 valence electrons. The van der Waals surface area contributed by atoms with E-state index in [1.54, 1.807) is 38.5 Å². The zero-order valence-corrected chi connectivity index (χ0v) is 31.8. The fraction of sp³-hybridized carbons (Fsp3) is 0.513. The topological polar surface area (TPSA) is 116 Å². The van der Waals surface area contributed by atoms with Crippen LogP contribution in [0.2, 0.25) is 0 Å². The Morgan fingerprint density at radius 2 is 1.65 bits per heavy atom. The van der Waals surface area contributed by atoms with Gasteiger partial charge in [-0.2, -0.15) is 4.31 Å². The Bertz CT molecular complexity index is 1690. The number of sulfonamides is 1. The summed E-state index contributed by atoms with van der Waals surface area (Å²) in [4.78, 5) is 20.9. The molecule has 3 aromatic carbocycles. The molecule has 3 aromatic rings. The molecule has 2 aliphatic heterocycles. The summed E-state index contributed by atoms with van der Waals surface area (Å²) in [6.07, 6.45) is 0.704. The summed E-state index contributed by atoms with van der Waals surface area (Å²) >= 11 is 0. The van der Waals surface area contributed by atoms with E-state index in [0.29, 0.717) is 39.5 Å². The molecule has 52 heavy (non-hydrogen) atoms. The smallest absolute Gasteiger partial charge is 0.247 e. The number of ether oxygens (including phenoxy) is 5. The molecule has 2 heterocycles. The van der Waals surface area contributed by atoms with E-state index >= 15 is 0 Å². The number of piperidine rings is 1. The lowest BCUT2D eigenvalue weighted by molar-refractivity contribution is -0.170. The number of methoxy groups -OCH3 is 2. The van der Waals surface area contributed by atoms with Gasteiger partial charge in [-0.05, 0) is 60.7 Å². The second-order valence-electron chi connectivity index (χ2n) is 13.3. The largest absolute Gasteiger partial charge is 0.490 e. The van der Waals surface area contributed by atoms with E-state index in [1.807, 2.05) is 31.2 Å². The molecule has 12 nitrogen and oxygen atoms in total. The predicted octanol–water partition coefficient (Wildman–Crippen LogP) is 4.94. The predicted molar refractivity (Wildman–Crippen MR) is 198 cm³/mol. The highest BCUT2D eigenvalue weighted by Crippen LogP contribution is 2.39. The number of rotatable bonds is 18. The van der Waals surface area contributed by atoms with Crippen molar-refractivity contribution in [3.05, 3.63) is 89.0 Å². The number of aryl methyl sites for hydroxylation is 1. The Morgan fingerprint density at radius 1 is 0.923 bits per heavy atom. The zero-order chi connectivity index (χ0) is 37.1. The Labute approximate surface area is 308 Å². The Hall–Kier alpha value is -3.56. The molecule has 0 aliphatic carbocycles. The minimum atomic E-state index is -4.00. The van der Waals surface area contributed by atoms with Crippen LogP contribution in [-0.4, -0.2) is 110 Å². The first-order valence-corrected chi connectivity index (χ1v) is 19.2. The molecule has 0 saturated carbocycles. The number of hydrogen-bond donors (Lipinski definition) is 0. The van der Waals surface area contributed by atoms with Gasteiger partial charge in [0.2, 0.25) is 15.9 Å². The molecular formula is C39H53N3O9S. The average molecular weight is 740 g/mol. The third-order valence-electron chi connectivity index (χ3n) is 9.74. The number of carbonyl (C=O) groups excluding carboxylic acids is 1. The van der Waals surface area contributed by atoms with Crippen LogP contribution in [0.1, 0.15) is 47.4 Å². The quantitative estimate of drug-likeness (QED) is 0.131. The number of amides is 1. The van der Waals surface area contributed by atoms with E-state index in [9.17, 15) is 13.2 Å². The van der Waals surface area contributed by atoms with Crippen LogP contribution in [0.5, 0.6) is 5.75 Å². The molecule has 0 spiro atoms. The van der Waals surface area contributed by atoms with Crippen LogP contribution in [0.3, 0.4) is 0 Å². The zero-order valence-electron chi connectivity index (χ0n) is 31.0. The maximum atomic E-state index is 14.4. The number of carbonyl (C=O) groups is 1. The van der Waals surface area contributed by atoms with E-state index in [2.05, 4.69) is 23.1 Å². The second kappa shape index (κ2) is 19.0. The molecule has 2 aliphatic rings. The van der Waals surface area contributed by atoms with Crippen LogP contribution < -0.4 is 9.64 Å². The van der Waals surface area contributed by atoms with Gasteiger partial charge in [-0.15, -0.1) is 0 Å². The van der Waals surface area contributed by atoms with Crippen LogP contribution >= 0.6 is 0 Å². The molecule has 0 N–H and O–H groups in total. The molecule has 0 radical (unpaired) electrons. The van der Waals surface area contributed by atoms with Crippen molar-refractivity contribution < 1.29 is 41.7 Å². The fourth-order valence-corrected chi connectivity index (χ4v) is 8.38. The Kier molecular flexibility index (Phi) is 14.5. The number of hydrogen-bond acceptors (Lipinski definition) is 10. The third kappa shape index (κ3) is 10.1. The van der Waals surface area contributed by atoms with E-state index in [0.717, 1.165) is 58.3 Å². The maximum Gasteiger partial charge on any atom is 0.247 e. The summed E-state index contributed by atoms with van der Waals surface area (Å²) in [5.74, 6) is 0.313. The molecule has 1 saturated heterocycles. The second-order valence-corrected chi connectivity index (χ2v) is 15.2. The van der Waals surface area contributed by atoms with Crippen molar-refractivity contribution in [2.45, 2.75) is 62.4 Å². The molecule has 0 unspecified atom stereocenters. The summed E-state index contributed by atoms with van der Waals surface area (Å²) in [7, 11) is 2.30. The van der Waals surface area contributed by atoms with Gasteiger partial charge in [-0.25, -0.2) is 13.5 Å². The minimum Gasteiger partial charge on any atom is -0.490 e. The Balaban J connectivity index is 1.45. The number of anilines is 1. The van der Waals surface area contributed by atoms with Gasteiger partial charge >= 0.3 is 0 Å². The number of nitrogens with zero attached hydrogens (tertiary/aromatic N) is 3. The summed E-state index contributed by atoms with van der Waals surface area (Å²) < 4.78 is 59.0. The average Bonchev–Trinajstić information content (AvgIpc) is 3.16. The molecular weight excluding hydrogens is 687 g/mol. The number of benzene rings is 3.